The number of anilines is 1. The Balaban J connectivity index is 1.71. The summed E-state index contributed by atoms with van der Waals surface area (Å²) in [6, 6.07) is 4.74. The summed E-state index contributed by atoms with van der Waals surface area (Å²) in [5.74, 6) is -0.542. The molecule has 0 saturated heterocycles. The molecule has 5 rings (SSSR count). The molecule has 0 radical (unpaired) electrons. The van der Waals surface area contributed by atoms with Crippen LogP contribution in [0.15, 0.2) is 47.6 Å². The van der Waals surface area contributed by atoms with Crippen LogP contribution in [0, 0.1) is 11.7 Å². The minimum Gasteiger partial charge on any atom is -0.267 e. The number of benzene rings is 1. The molecule has 2 aliphatic rings. The molecule has 1 aromatic carbocycles. The van der Waals surface area contributed by atoms with Gasteiger partial charge in [-0.15, -0.1) is 0 Å². The molecule has 1 fully saturated rings. The van der Waals surface area contributed by atoms with Crippen LogP contribution in [0.2, 0.25) is 0 Å². The van der Waals surface area contributed by atoms with Gasteiger partial charge in [0.25, 0.3) is 10.0 Å². The lowest BCUT2D eigenvalue weighted by Gasteiger charge is -2.37. The standard InChI is InChI=1S/C23H22F4N4O2S/c1-22(2,3)30-12-17-20(29-30)16-10-14(24)6-8-18(16)31(21(17)13-4-5-13)34(32,33)15-7-9-19(28-11-15)23(25,26)27/h6-13,21H,4-5H2,1-3H3/t21-/m1/s1. The molecule has 3 heterocycles. The van der Waals surface area contributed by atoms with Crippen LogP contribution in [0.5, 0.6) is 0 Å². The van der Waals surface area contributed by atoms with E-state index in [2.05, 4.69) is 10.1 Å². The van der Waals surface area contributed by atoms with E-state index in [1.807, 2.05) is 20.8 Å². The first-order chi connectivity index (χ1) is 15.8. The van der Waals surface area contributed by atoms with Crippen LogP contribution in [-0.4, -0.2) is 23.2 Å². The van der Waals surface area contributed by atoms with Gasteiger partial charge < -0.3 is 0 Å². The van der Waals surface area contributed by atoms with Gasteiger partial charge in [0.15, 0.2) is 0 Å². The zero-order valence-electron chi connectivity index (χ0n) is 18.6. The van der Waals surface area contributed by atoms with Crippen molar-refractivity contribution < 1.29 is 26.0 Å². The highest BCUT2D eigenvalue weighted by Crippen LogP contribution is 2.55. The highest BCUT2D eigenvalue weighted by atomic mass is 32.2. The van der Waals surface area contributed by atoms with E-state index in [1.165, 1.54) is 22.5 Å². The van der Waals surface area contributed by atoms with Gasteiger partial charge in [0.2, 0.25) is 0 Å². The first kappa shape index (κ1) is 22.8. The summed E-state index contributed by atoms with van der Waals surface area (Å²) >= 11 is 0. The molecule has 3 aromatic rings. The second-order valence-corrected chi connectivity index (χ2v) is 11.5. The van der Waals surface area contributed by atoms with Gasteiger partial charge >= 0.3 is 6.18 Å². The lowest BCUT2D eigenvalue weighted by molar-refractivity contribution is -0.141. The molecule has 34 heavy (non-hydrogen) atoms. The molecule has 0 amide bonds. The van der Waals surface area contributed by atoms with Crippen LogP contribution >= 0.6 is 0 Å². The van der Waals surface area contributed by atoms with Crippen molar-refractivity contribution >= 4 is 15.7 Å². The maximum absolute atomic E-state index is 14.3. The molecular weight excluding hydrogens is 472 g/mol. The Bertz CT molecular complexity index is 1370. The molecule has 1 atom stereocenters. The molecule has 0 bridgehead atoms. The maximum Gasteiger partial charge on any atom is 0.433 e. The second kappa shape index (κ2) is 7.27. The van der Waals surface area contributed by atoms with E-state index in [0.717, 1.165) is 25.1 Å². The molecule has 1 aliphatic heterocycles. The maximum atomic E-state index is 14.3. The summed E-state index contributed by atoms with van der Waals surface area (Å²) in [4.78, 5) is 2.97. The summed E-state index contributed by atoms with van der Waals surface area (Å²) < 4.78 is 83.8. The van der Waals surface area contributed by atoms with Gasteiger partial charge in [0, 0.05) is 23.5 Å². The topological polar surface area (TPSA) is 68.1 Å². The monoisotopic (exact) mass is 494 g/mol. The predicted molar refractivity (Wildman–Crippen MR) is 117 cm³/mol. The number of alkyl halides is 3. The minimum absolute atomic E-state index is 0.00625. The number of nitrogens with zero attached hydrogens (tertiary/aromatic N) is 4. The molecular formula is C23H22F4N4O2S. The molecule has 0 spiro atoms. The number of hydrogen-bond donors (Lipinski definition) is 0. The van der Waals surface area contributed by atoms with E-state index in [9.17, 15) is 26.0 Å². The number of aromatic nitrogens is 3. The third-order valence-electron chi connectivity index (χ3n) is 6.10. The van der Waals surface area contributed by atoms with Gasteiger partial charge in [-0.25, -0.2) is 12.8 Å². The molecule has 0 N–H and O–H groups in total. The lowest BCUT2D eigenvalue weighted by atomic mass is 9.93. The Hall–Kier alpha value is -2.95. The molecule has 6 nitrogen and oxygen atoms in total. The average molecular weight is 495 g/mol. The molecule has 11 heteroatoms. The molecule has 0 unspecified atom stereocenters. The fraction of sp³-hybridized carbons (Fsp3) is 0.391. The number of halogens is 4. The Labute approximate surface area is 194 Å². The van der Waals surface area contributed by atoms with Gasteiger partial charge in [-0.3, -0.25) is 14.0 Å². The summed E-state index contributed by atoms with van der Waals surface area (Å²) in [7, 11) is -4.33. The van der Waals surface area contributed by atoms with Gasteiger partial charge in [-0.05, 0) is 69.9 Å². The third-order valence-corrected chi connectivity index (χ3v) is 7.88. The van der Waals surface area contributed by atoms with Crippen LogP contribution < -0.4 is 4.31 Å². The van der Waals surface area contributed by atoms with Crippen molar-refractivity contribution in [1.29, 1.82) is 0 Å². The molecule has 180 valence electrons. The summed E-state index contributed by atoms with van der Waals surface area (Å²) in [5, 5.41) is 4.68. The fourth-order valence-electron chi connectivity index (χ4n) is 4.27. The van der Waals surface area contributed by atoms with Crippen molar-refractivity contribution in [3.8, 4) is 11.3 Å². The van der Waals surface area contributed by atoms with Gasteiger partial charge in [-0.1, -0.05) is 0 Å². The highest BCUT2D eigenvalue weighted by molar-refractivity contribution is 7.92. The molecule has 1 aliphatic carbocycles. The van der Waals surface area contributed by atoms with Crippen molar-refractivity contribution in [2.75, 3.05) is 4.31 Å². The highest BCUT2D eigenvalue weighted by Gasteiger charge is 2.48. The average Bonchev–Trinajstić information content (AvgIpc) is 3.47. The quantitative estimate of drug-likeness (QED) is 0.450. The Kier molecular flexibility index (Phi) is 4.88. The Morgan fingerprint density at radius 3 is 2.32 bits per heavy atom. The van der Waals surface area contributed by atoms with Gasteiger partial charge in [0.1, 0.15) is 16.4 Å². The van der Waals surface area contributed by atoms with Crippen molar-refractivity contribution in [2.45, 2.75) is 56.3 Å². The second-order valence-electron chi connectivity index (χ2n) is 9.67. The van der Waals surface area contributed by atoms with E-state index in [1.54, 1.807) is 10.9 Å². The van der Waals surface area contributed by atoms with Crippen LogP contribution in [-0.2, 0) is 21.7 Å². The Morgan fingerprint density at radius 2 is 1.76 bits per heavy atom. The summed E-state index contributed by atoms with van der Waals surface area (Å²) in [6.45, 7) is 5.85. The zero-order chi connectivity index (χ0) is 24.6. The van der Waals surface area contributed by atoms with Crippen LogP contribution in [0.1, 0.15) is 50.9 Å². The zero-order valence-corrected chi connectivity index (χ0v) is 19.5. The fourth-order valence-corrected chi connectivity index (χ4v) is 5.93. The van der Waals surface area contributed by atoms with Crippen molar-refractivity contribution in [2.24, 2.45) is 5.92 Å². The predicted octanol–water partition coefficient (Wildman–Crippen LogP) is 5.52. The summed E-state index contributed by atoms with van der Waals surface area (Å²) in [6.07, 6.45) is -0.596. The third kappa shape index (κ3) is 3.66. The number of pyridine rings is 1. The van der Waals surface area contributed by atoms with Gasteiger partial charge in [-0.2, -0.15) is 18.3 Å². The molecule has 2 aromatic heterocycles. The van der Waals surface area contributed by atoms with E-state index < -0.39 is 39.3 Å². The number of hydrogen-bond acceptors (Lipinski definition) is 4. The lowest BCUT2D eigenvalue weighted by Crippen LogP contribution is -2.38. The molecule has 1 saturated carbocycles. The van der Waals surface area contributed by atoms with Crippen molar-refractivity contribution in [3.05, 3.63) is 59.8 Å². The van der Waals surface area contributed by atoms with Gasteiger partial charge in [0.05, 0.1) is 23.0 Å². The van der Waals surface area contributed by atoms with E-state index >= 15 is 0 Å². The number of sulfonamides is 1. The van der Waals surface area contributed by atoms with E-state index in [-0.39, 0.29) is 16.5 Å². The smallest absolute Gasteiger partial charge is 0.267 e. The number of rotatable bonds is 3. The first-order valence-electron chi connectivity index (χ1n) is 10.8. The van der Waals surface area contributed by atoms with E-state index in [4.69, 9.17) is 0 Å². The minimum atomic E-state index is -4.69. The van der Waals surface area contributed by atoms with Crippen LogP contribution in [0.4, 0.5) is 23.2 Å². The van der Waals surface area contributed by atoms with E-state index in [0.29, 0.717) is 22.9 Å². The Morgan fingerprint density at radius 1 is 1.06 bits per heavy atom. The van der Waals surface area contributed by atoms with Crippen molar-refractivity contribution in [3.63, 3.8) is 0 Å². The van der Waals surface area contributed by atoms with Crippen molar-refractivity contribution in [1.82, 2.24) is 14.8 Å². The first-order valence-corrected chi connectivity index (χ1v) is 12.2. The normalized spacial score (nSPS) is 18.6. The van der Waals surface area contributed by atoms with Crippen LogP contribution in [0.3, 0.4) is 0 Å². The number of fused-ring (bicyclic) bond motifs is 3. The van der Waals surface area contributed by atoms with Crippen LogP contribution in [0.25, 0.3) is 11.3 Å². The summed E-state index contributed by atoms with van der Waals surface area (Å²) in [5.41, 5.74) is 0.139. The largest absolute Gasteiger partial charge is 0.433 e. The SMILES string of the molecule is CC(C)(C)n1cc2c(n1)-c1cc(F)ccc1N(S(=O)(=O)c1ccc(C(F)(F)F)nc1)[C@@H]2C1CC1.